The van der Waals surface area contributed by atoms with Crippen LogP contribution in [-0.2, 0) is 0 Å². The Labute approximate surface area is 113 Å². The molecule has 1 aliphatic rings. The first-order chi connectivity index (χ1) is 9.42. The molecule has 0 aromatic heterocycles. The van der Waals surface area contributed by atoms with Crippen molar-refractivity contribution in [3.8, 4) is 0 Å². The van der Waals surface area contributed by atoms with E-state index in [1.165, 1.54) is 31.6 Å². The number of hydrogen-bond donors (Lipinski definition) is 0. The van der Waals surface area contributed by atoms with Crippen molar-refractivity contribution in [2.75, 3.05) is 18.0 Å². The second kappa shape index (κ2) is 5.65. The fourth-order valence-electron chi connectivity index (χ4n) is 2.32. The molecule has 0 unspecified atom stereocenters. The number of benzene rings is 2. The summed E-state index contributed by atoms with van der Waals surface area (Å²) >= 11 is 0. The normalized spacial score (nSPS) is 15.3. The third-order valence-corrected chi connectivity index (χ3v) is 3.36. The highest BCUT2D eigenvalue weighted by atomic mass is 15.1. The zero-order chi connectivity index (χ0) is 12.9. The first kappa shape index (κ1) is 11.9. The van der Waals surface area contributed by atoms with Crippen LogP contribution >= 0.6 is 0 Å². The number of rotatable bonds is 3. The summed E-state index contributed by atoms with van der Waals surface area (Å²) in [7, 11) is 0. The lowest BCUT2D eigenvalue weighted by atomic mass is 10.2. The summed E-state index contributed by atoms with van der Waals surface area (Å²) in [6, 6.07) is 18.1. The van der Waals surface area contributed by atoms with E-state index in [1.54, 1.807) is 0 Å². The predicted molar refractivity (Wildman–Crippen MR) is 78.5 cm³/mol. The van der Waals surface area contributed by atoms with Gasteiger partial charge in [0.15, 0.2) is 0 Å². The lowest BCUT2D eigenvalue weighted by Gasteiger charge is -2.17. The molecule has 0 amide bonds. The van der Waals surface area contributed by atoms with Gasteiger partial charge in [-0.15, -0.1) is 0 Å². The lowest BCUT2D eigenvalue weighted by molar-refractivity contribution is 0.949. The molecular weight excluding hydrogens is 234 g/mol. The third kappa shape index (κ3) is 2.99. The second-order valence-corrected chi connectivity index (χ2v) is 4.75. The smallest absolute Gasteiger partial charge is 0.0858 e. The Morgan fingerprint density at radius 3 is 1.89 bits per heavy atom. The standard InChI is InChI=1S/C16H17N3/c1-2-6-14(7-3-1)17-18-15-8-10-16(11-9-15)19-12-4-5-13-19/h1-3,6-11H,4-5,12-13H2. The lowest BCUT2D eigenvalue weighted by Crippen LogP contribution is -2.17. The Hall–Kier alpha value is -2.16. The van der Waals surface area contributed by atoms with Crippen LogP contribution in [0.15, 0.2) is 64.8 Å². The van der Waals surface area contributed by atoms with Gasteiger partial charge in [0.25, 0.3) is 0 Å². The van der Waals surface area contributed by atoms with Gasteiger partial charge in [0.05, 0.1) is 11.4 Å². The molecule has 1 saturated heterocycles. The zero-order valence-corrected chi connectivity index (χ0v) is 10.9. The zero-order valence-electron chi connectivity index (χ0n) is 10.9. The first-order valence-corrected chi connectivity index (χ1v) is 6.74. The minimum Gasteiger partial charge on any atom is -0.372 e. The minimum atomic E-state index is 0.881. The summed E-state index contributed by atoms with van der Waals surface area (Å²) in [6.45, 7) is 2.34. The molecule has 3 heteroatoms. The SMILES string of the molecule is c1ccc(N=Nc2ccc(N3CCCC3)cc2)cc1. The van der Waals surface area contributed by atoms with Gasteiger partial charge in [-0.1, -0.05) is 18.2 Å². The van der Waals surface area contributed by atoms with Gasteiger partial charge < -0.3 is 4.90 Å². The molecule has 0 saturated carbocycles. The molecule has 1 heterocycles. The Morgan fingerprint density at radius 2 is 1.26 bits per heavy atom. The van der Waals surface area contributed by atoms with Gasteiger partial charge in [-0.25, -0.2) is 0 Å². The van der Waals surface area contributed by atoms with Crippen molar-refractivity contribution in [1.29, 1.82) is 0 Å². The molecule has 2 aromatic rings. The highest BCUT2D eigenvalue weighted by molar-refractivity contribution is 5.53. The number of anilines is 1. The maximum atomic E-state index is 4.25. The van der Waals surface area contributed by atoms with E-state index in [0.29, 0.717) is 0 Å². The Balaban J connectivity index is 1.70. The van der Waals surface area contributed by atoms with E-state index < -0.39 is 0 Å². The highest BCUT2D eigenvalue weighted by Crippen LogP contribution is 2.24. The van der Waals surface area contributed by atoms with E-state index in [9.17, 15) is 0 Å². The van der Waals surface area contributed by atoms with Crippen molar-refractivity contribution in [3.63, 3.8) is 0 Å². The van der Waals surface area contributed by atoms with Crippen LogP contribution in [0.5, 0.6) is 0 Å². The molecule has 0 spiro atoms. The first-order valence-electron chi connectivity index (χ1n) is 6.74. The molecule has 1 fully saturated rings. The molecular formula is C16H17N3. The quantitative estimate of drug-likeness (QED) is 0.726. The molecule has 1 aliphatic heterocycles. The van der Waals surface area contributed by atoms with Crippen LogP contribution in [0.2, 0.25) is 0 Å². The van der Waals surface area contributed by atoms with E-state index >= 15 is 0 Å². The van der Waals surface area contributed by atoms with Gasteiger partial charge in [0, 0.05) is 18.8 Å². The highest BCUT2D eigenvalue weighted by Gasteiger charge is 2.11. The van der Waals surface area contributed by atoms with Crippen LogP contribution in [0.4, 0.5) is 17.1 Å². The predicted octanol–water partition coefficient (Wildman–Crippen LogP) is 4.70. The van der Waals surface area contributed by atoms with Crippen LogP contribution in [0.3, 0.4) is 0 Å². The van der Waals surface area contributed by atoms with Crippen molar-refractivity contribution in [2.45, 2.75) is 12.8 Å². The van der Waals surface area contributed by atoms with Crippen LogP contribution < -0.4 is 4.90 Å². The fraction of sp³-hybridized carbons (Fsp3) is 0.250. The van der Waals surface area contributed by atoms with E-state index in [2.05, 4.69) is 27.3 Å². The van der Waals surface area contributed by atoms with Gasteiger partial charge in [-0.2, -0.15) is 10.2 Å². The van der Waals surface area contributed by atoms with Gasteiger partial charge >= 0.3 is 0 Å². The largest absolute Gasteiger partial charge is 0.372 e. The molecule has 3 rings (SSSR count). The van der Waals surface area contributed by atoms with Crippen molar-refractivity contribution in [1.82, 2.24) is 0 Å². The fourth-order valence-corrected chi connectivity index (χ4v) is 2.32. The maximum Gasteiger partial charge on any atom is 0.0858 e. The minimum absolute atomic E-state index is 0.881. The molecule has 0 radical (unpaired) electrons. The maximum absolute atomic E-state index is 4.25. The average Bonchev–Trinajstić information content (AvgIpc) is 3.01. The Morgan fingerprint density at radius 1 is 0.684 bits per heavy atom. The topological polar surface area (TPSA) is 28.0 Å². The summed E-state index contributed by atoms with van der Waals surface area (Å²) in [5.74, 6) is 0. The summed E-state index contributed by atoms with van der Waals surface area (Å²) < 4.78 is 0. The summed E-state index contributed by atoms with van der Waals surface area (Å²) in [6.07, 6.45) is 2.60. The second-order valence-electron chi connectivity index (χ2n) is 4.75. The third-order valence-electron chi connectivity index (χ3n) is 3.36. The van der Waals surface area contributed by atoms with E-state index in [0.717, 1.165) is 11.4 Å². The summed E-state index contributed by atoms with van der Waals surface area (Å²) in [5, 5.41) is 8.47. The number of nitrogens with zero attached hydrogens (tertiary/aromatic N) is 3. The van der Waals surface area contributed by atoms with E-state index in [4.69, 9.17) is 0 Å². The van der Waals surface area contributed by atoms with Crippen molar-refractivity contribution in [2.24, 2.45) is 10.2 Å². The Kier molecular flexibility index (Phi) is 3.54. The average molecular weight is 251 g/mol. The molecule has 96 valence electrons. The van der Waals surface area contributed by atoms with Gasteiger partial charge in [0.1, 0.15) is 0 Å². The monoisotopic (exact) mass is 251 g/mol. The molecule has 0 bridgehead atoms. The van der Waals surface area contributed by atoms with E-state index in [-0.39, 0.29) is 0 Å². The van der Waals surface area contributed by atoms with Crippen molar-refractivity contribution < 1.29 is 0 Å². The van der Waals surface area contributed by atoms with Crippen molar-refractivity contribution in [3.05, 3.63) is 54.6 Å². The van der Waals surface area contributed by atoms with Crippen LogP contribution in [0, 0.1) is 0 Å². The summed E-state index contributed by atoms with van der Waals surface area (Å²) in [5.41, 5.74) is 3.06. The van der Waals surface area contributed by atoms with Crippen molar-refractivity contribution >= 4 is 17.1 Å². The summed E-state index contributed by atoms with van der Waals surface area (Å²) in [4.78, 5) is 2.41. The number of azo groups is 1. The van der Waals surface area contributed by atoms with Gasteiger partial charge in [-0.3, -0.25) is 0 Å². The molecule has 0 N–H and O–H groups in total. The van der Waals surface area contributed by atoms with Gasteiger partial charge in [-0.05, 0) is 49.2 Å². The number of hydrogen-bond acceptors (Lipinski definition) is 3. The molecule has 19 heavy (non-hydrogen) atoms. The molecule has 3 nitrogen and oxygen atoms in total. The van der Waals surface area contributed by atoms with Crippen LogP contribution in [0.25, 0.3) is 0 Å². The Bertz CT molecular complexity index is 540. The van der Waals surface area contributed by atoms with Gasteiger partial charge in [0.2, 0.25) is 0 Å². The van der Waals surface area contributed by atoms with Crippen LogP contribution in [0.1, 0.15) is 12.8 Å². The van der Waals surface area contributed by atoms with Crippen LogP contribution in [-0.4, -0.2) is 13.1 Å². The molecule has 0 atom stereocenters. The molecule has 0 aliphatic carbocycles. The molecule has 2 aromatic carbocycles. The van der Waals surface area contributed by atoms with E-state index in [1.807, 2.05) is 42.5 Å².